The zero-order valence-corrected chi connectivity index (χ0v) is 11.0. The lowest BCUT2D eigenvalue weighted by Gasteiger charge is -2.28. The van der Waals surface area contributed by atoms with Crippen molar-refractivity contribution in [3.63, 3.8) is 0 Å². The average Bonchev–Trinajstić information content (AvgIpc) is 2.47. The minimum absolute atomic E-state index is 0.0681. The number of benzene rings is 1. The molecule has 1 fully saturated rings. The summed E-state index contributed by atoms with van der Waals surface area (Å²) in [5, 5.41) is 10.6. The Balaban J connectivity index is 2.07. The number of thioether (sulfide) groups is 1. The van der Waals surface area contributed by atoms with Crippen LogP contribution in [0, 0.1) is 0 Å². The van der Waals surface area contributed by atoms with Crippen molar-refractivity contribution in [2.24, 2.45) is 0 Å². The molecule has 94 valence electrons. The summed E-state index contributed by atoms with van der Waals surface area (Å²) in [6.45, 7) is 2.15. The largest absolute Gasteiger partial charge is 0.392 e. The molecule has 0 bridgehead atoms. The van der Waals surface area contributed by atoms with E-state index in [-0.39, 0.29) is 6.61 Å². The van der Waals surface area contributed by atoms with E-state index in [4.69, 9.17) is 4.98 Å². The minimum atomic E-state index is 0.0681. The third kappa shape index (κ3) is 2.18. The molecule has 1 aromatic heterocycles. The normalized spacial score (nSPS) is 16.2. The van der Waals surface area contributed by atoms with Crippen molar-refractivity contribution in [1.29, 1.82) is 0 Å². The standard InChI is InChI=1S/C14H16N2OS/c17-10-11-9-14(16-5-7-18-8-6-16)15-13-4-2-1-3-12(11)13/h1-4,9,17H,5-8,10H2. The maximum atomic E-state index is 9.51. The molecule has 4 heteroatoms. The molecule has 18 heavy (non-hydrogen) atoms. The Hall–Kier alpha value is -1.26. The molecule has 2 aromatic rings. The number of aromatic nitrogens is 1. The maximum Gasteiger partial charge on any atom is 0.129 e. The number of anilines is 1. The van der Waals surface area contributed by atoms with Gasteiger partial charge in [-0.3, -0.25) is 0 Å². The molecule has 2 heterocycles. The number of hydrogen-bond donors (Lipinski definition) is 1. The van der Waals surface area contributed by atoms with E-state index in [2.05, 4.69) is 4.90 Å². The highest BCUT2D eigenvalue weighted by molar-refractivity contribution is 7.99. The third-order valence-corrected chi connectivity index (χ3v) is 4.24. The highest BCUT2D eigenvalue weighted by Gasteiger charge is 2.14. The first-order valence-corrected chi connectivity index (χ1v) is 7.36. The fourth-order valence-electron chi connectivity index (χ4n) is 2.32. The SMILES string of the molecule is OCc1cc(N2CCSCC2)nc2ccccc12. The Bertz CT molecular complexity index is 552. The molecule has 0 unspecified atom stereocenters. The Morgan fingerprint density at radius 2 is 2.00 bits per heavy atom. The van der Waals surface area contributed by atoms with Crippen LogP contribution < -0.4 is 4.90 Å². The zero-order valence-electron chi connectivity index (χ0n) is 10.2. The van der Waals surface area contributed by atoms with Gasteiger partial charge in [-0.05, 0) is 17.7 Å². The number of pyridine rings is 1. The number of hydrogen-bond acceptors (Lipinski definition) is 4. The number of aliphatic hydroxyl groups is 1. The van der Waals surface area contributed by atoms with Crippen molar-refractivity contribution in [2.45, 2.75) is 6.61 Å². The summed E-state index contributed by atoms with van der Waals surface area (Å²) >= 11 is 1.99. The number of aliphatic hydroxyl groups excluding tert-OH is 1. The lowest BCUT2D eigenvalue weighted by atomic mass is 10.1. The molecule has 0 saturated carbocycles. The van der Waals surface area contributed by atoms with Gasteiger partial charge in [-0.15, -0.1) is 0 Å². The van der Waals surface area contributed by atoms with Crippen molar-refractivity contribution >= 4 is 28.5 Å². The average molecular weight is 260 g/mol. The lowest BCUT2D eigenvalue weighted by molar-refractivity contribution is 0.283. The molecule has 0 amide bonds. The summed E-state index contributed by atoms with van der Waals surface area (Å²) < 4.78 is 0. The first-order valence-electron chi connectivity index (χ1n) is 6.21. The number of para-hydroxylation sites is 1. The predicted octanol–water partition coefficient (Wildman–Crippen LogP) is 2.28. The molecule has 0 aliphatic carbocycles. The molecule has 1 aliphatic rings. The Kier molecular flexibility index (Phi) is 3.39. The molecular weight excluding hydrogens is 244 g/mol. The predicted molar refractivity (Wildman–Crippen MR) is 77.2 cm³/mol. The number of fused-ring (bicyclic) bond motifs is 1. The van der Waals surface area contributed by atoms with Crippen LogP contribution in [0.2, 0.25) is 0 Å². The van der Waals surface area contributed by atoms with Gasteiger partial charge in [0.15, 0.2) is 0 Å². The van der Waals surface area contributed by atoms with Gasteiger partial charge in [-0.25, -0.2) is 4.98 Å². The molecule has 1 saturated heterocycles. The molecule has 0 atom stereocenters. The van der Waals surface area contributed by atoms with Crippen molar-refractivity contribution in [2.75, 3.05) is 29.5 Å². The van der Waals surface area contributed by atoms with E-state index in [0.29, 0.717) is 0 Å². The summed E-state index contributed by atoms with van der Waals surface area (Å²) in [6, 6.07) is 10.0. The van der Waals surface area contributed by atoms with Crippen LogP contribution in [0.5, 0.6) is 0 Å². The highest BCUT2D eigenvalue weighted by Crippen LogP contribution is 2.24. The van der Waals surface area contributed by atoms with Gasteiger partial charge < -0.3 is 10.0 Å². The van der Waals surface area contributed by atoms with Gasteiger partial charge in [0, 0.05) is 30.0 Å². The summed E-state index contributed by atoms with van der Waals surface area (Å²) in [5.41, 5.74) is 1.94. The van der Waals surface area contributed by atoms with Crippen LogP contribution in [-0.2, 0) is 6.61 Å². The van der Waals surface area contributed by atoms with Crippen molar-refractivity contribution in [1.82, 2.24) is 4.98 Å². The van der Waals surface area contributed by atoms with Crippen LogP contribution >= 0.6 is 11.8 Å². The van der Waals surface area contributed by atoms with E-state index >= 15 is 0 Å². The van der Waals surface area contributed by atoms with Gasteiger partial charge in [0.2, 0.25) is 0 Å². The molecular formula is C14H16N2OS. The van der Waals surface area contributed by atoms with Gasteiger partial charge in [-0.2, -0.15) is 11.8 Å². The van der Waals surface area contributed by atoms with Crippen molar-refractivity contribution in [3.8, 4) is 0 Å². The van der Waals surface area contributed by atoms with E-state index in [1.165, 1.54) is 0 Å². The second-order valence-corrected chi connectivity index (χ2v) is 5.64. The highest BCUT2D eigenvalue weighted by atomic mass is 32.2. The van der Waals surface area contributed by atoms with Crippen LogP contribution in [-0.4, -0.2) is 34.7 Å². The maximum absolute atomic E-state index is 9.51. The van der Waals surface area contributed by atoms with E-state index in [1.807, 2.05) is 42.1 Å². The number of rotatable bonds is 2. The third-order valence-electron chi connectivity index (χ3n) is 3.29. The molecule has 3 rings (SSSR count). The van der Waals surface area contributed by atoms with E-state index < -0.39 is 0 Å². The Morgan fingerprint density at radius 3 is 2.78 bits per heavy atom. The van der Waals surface area contributed by atoms with Crippen LogP contribution in [0.3, 0.4) is 0 Å². The zero-order chi connectivity index (χ0) is 12.4. The quantitative estimate of drug-likeness (QED) is 0.898. The van der Waals surface area contributed by atoms with Crippen LogP contribution in [0.1, 0.15) is 5.56 Å². The molecule has 1 aromatic carbocycles. The van der Waals surface area contributed by atoms with Gasteiger partial charge in [0.25, 0.3) is 0 Å². The first kappa shape index (κ1) is 11.8. The summed E-state index contributed by atoms with van der Waals surface area (Å²) in [7, 11) is 0. The van der Waals surface area contributed by atoms with Gasteiger partial charge in [-0.1, -0.05) is 18.2 Å². The summed E-state index contributed by atoms with van der Waals surface area (Å²) in [6.07, 6.45) is 0. The number of nitrogens with zero attached hydrogens (tertiary/aromatic N) is 2. The van der Waals surface area contributed by atoms with Crippen LogP contribution in [0.4, 0.5) is 5.82 Å². The second-order valence-electron chi connectivity index (χ2n) is 4.41. The van der Waals surface area contributed by atoms with Crippen LogP contribution in [0.25, 0.3) is 10.9 Å². The first-order chi connectivity index (χ1) is 8.88. The van der Waals surface area contributed by atoms with Crippen molar-refractivity contribution < 1.29 is 5.11 Å². The minimum Gasteiger partial charge on any atom is -0.392 e. The molecule has 0 spiro atoms. The van der Waals surface area contributed by atoms with Gasteiger partial charge in [0.1, 0.15) is 5.82 Å². The Labute approximate surface area is 111 Å². The molecule has 1 aliphatic heterocycles. The van der Waals surface area contributed by atoms with E-state index in [9.17, 15) is 5.11 Å². The van der Waals surface area contributed by atoms with Gasteiger partial charge >= 0.3 is 0 Å². The topological polar surface area (TPSA) is 36.4 Å². The molecule has 0 radical (unpaired) electrons. The fraction of sp³-hybridized carbons (Fsp3) is 0.357. The smallest absolute Gasteiger partial charge is 0.129 e. The van der Waals surface area contributed by atoms with Gasteiger partial charge in [0.05, 0.1) is 12.1 Å². The summed E-state index contributed by atoms with van der Waals surface area (Å²) in [4.78, 5) is 7.02. The monoisotopic (exact) mass is 260 g/mol. The van der Waals surface area contributed by atoms with Crippen LogP contribution in [0.15, 0.2) is 30.3 Å². The fourth-order valence-corrected chi connectivity index (χ4v) is 3.22. The van der Waals surface area contributed by atoms with E-state index in [0.717, 1.165) is 46.9 Å². The summed E-state index contributed by atoms with van der Waals surface area (Å²) in [5.74, 6) is 3.31. The Morgan fingerprint density at radius 1 is 1.22 bits per heavy atom. The second kappa shape index (κ2) is 5.16. The lowest BCUT2D eigenvalue weighted by Crippen LogP contribution is -2.33. The molecule has 1 N–H and O–H groups in total. The van der Waals surface area contributed by atoms with Crippen molar-refractivity contribution in [3.05, 3.63) is 35.9 Å². The van der Waals surface area contributed by atoms with E-state index in [1.54, 1.807) is 0 Å². The molecule has 3 nitrogen and oxygen atoms in total.